The van der Waals surface area contributed by atoms with Crippen LogP contribution in [-0.4, -0.2) is 28.5 Å². The topological polar surface area (TPSA) is 84.4 Å². The smallest absolute Gasteiger partial charge is 0.299 e. The molecule has 3 aromatic heterocycles. The zero-order valence-corrected chi connectivity index (χ0v) is 15.7. The minimum Gasteiger partial charge on any atom is -0.472 e. The number of nitrogens with one attached hydrogen (secondary N) is 1. The molecule has 1 saturated heterocycles. The van der Waals surface area contributed by atoms with Gasteiger partial charge in [0.05, 0.1) is 18.2 Å². The number of para-hydroxylation sites is 2. The summed E-state index contributed by atoms with van der Waals surface area (Å²) >= 11 is 0. The van der Waals surface area contributed by atoms with Crippen LogP contribution in [0.3, 0.4) is 0 Å². The van der Waals surface area contributed by atoms with Crippen molar-refractivity contribution in [2.75, 3.05) is 11.4 Å². The zero-order valence-electron chi connectivity index (χ0n) is 15.7. The number of hydrogen-bond acceptors (Lipinski definition) is 6. The average Bonchev–Trinajstić information content (AvgIpc) is 3.52. The van der Waals surface area contributed by atoms with Gasteiger partial charge in [0.2, 0.25) is 5.91 Å². The van der Waals surface area contributed by atoms with Gasteiger partial charge in [-0.2, -0.15) is 4.98 Å². The summed E-state index contributed by atoms with van der Waals surface area (Å²) in [5.41, 5.74) is 4.25. The molecule has 1 atom stereocenters. The Morgan fingerprint density at radius 1 is 1.21 bits per heavy atom. The molecule has 7 heteroatoms. The first-order valence-corrected chi connectivity index (χ1v) is 9.65. The van der Waals surface area contributed by atoms with E-state index in [2.05, 4.69) is 15.3 Å². The van der Waals surface area contributed by atoms with Crippen LogP contribution in [0.15, 0.2) is 70.0 Å². The molecule has 0 radical (unpaired) electrons. The number of pyridine rings is 1. The van der Waals surface area contributed by atoms with Crippen LogP contribution < -0.4 is 10.2 Å². The van der Waals surface area contributed by atoms with Crippen LogP contribution in [-0.2, 0) is 11.3 Å². The molecule has 5 rings (SSSR count). The van der Waals surface area contributed by atoms with Gasteiger partial charge >= 0.3 is 0 Å². The summed E-state index contributed by atoms with van der Waals surface area (Å²) in [6.45, 7) is 1.18. The third kappa shape index (κ3) is 3.47. The second-order valence-electron chi connectivity index (χ2n) is 7.10. The highest BCUT2D eigenvalue weighted by molar-refractivity contribution is 5.85. The lowest BCUT2D eigenvalue weighted by Gasteiger charge is -2.22. The van der Waals surface area contributed by atoms with Gasteiger partial charge in [0.25, 0.3) is 6.01 Å². The first kappa shape index (κ1) is 17.5. The van der Waals surface area contributed by atoms with E-state index < -0.39 is 0 Å². The van der Waals surface area contributed by atoms with Crippen LogP contribution in [0.5, 0.6) is 0 Å². The number of amides is 1. The number of nitrogens with zero attached hydrogens (tertiary/aromatic N) is 3. The van der Waals surface area contributed by atoms with Crippen molar-refractivity contribution in [3.63, 3.8) is 0 Å². The Morgan fingerprint density at radius 2 is 2.14 bits per heavy atom. The van der Waals surface area contributed by atoms with E-state index in [-0.39, 0.29) is 11.9 Å². The van der Waals surface area contributed by atoms with Crippen LogP contribution in [0.4, 0.5) is 6.01 Å². The minimum atomic E-state index is -0.277. The normalized spacial score (nSPS) is 16.4. The maximum atomic E-state index is 12.8. The quantitative estimate of drug-likeness (QED) is 0.560. The molecule has 1 fully saturated rings. The number of oxazole rings is 1. The Bertz CT molecular complexity index is 1090. The summed E-state index contributed by atoms with van der Waals surface area (Å²) in [7, 11) is 0. The molecular weight excluding hydrogens is 368 g/mol. The van der Waals surface area contributed by atoms with Gasteiger partial charge in [-0.05, 0) is 42.7 Å². The van der Waals surface area contributed by atoms with Crippen LogP contribution in [0.1, 0.15) is 18.4 Å². The van der Waals surface area contributed by atoms with Gasteiger partial charge < -0.3 is 19.1 Å². The van der Waals surface area contributed by atoms with Crippen molar-refractivity contribution in [2.45, 2.75) is 25.4 Å². The highest BCUT2D eigenvalue weighted by atomic mass is 16.4. The van der Waals surface area contributed by atoms with E-state index in [1.807, 2.05) is 47.4 Å². The molecule has 0 spiro atoms. The SMILES string of the molecule is O=C(NCc1ccc(-c2ccoc2)nc1)C1CCCN1c1nc2ccccc2o1. The third-order valence-corrected chi connectivity index (χ3v) is 5.19. The number of furan rings is 1. The Balaban J connectivity index is 1.25. The second kappa shape index (κ2) is 7.43. The molecular formula is C22H20N4O3. The molecule has 1 unspecified atom stereocenters. The van der Waals surface area contributed by atoms with E-state index in [0.717, 1.165) is 47.3 Å². The van der Waals surface area contributed by atoms with E-state index in [4.69, 9.17) is 8.83 Å². The second-order valence-corrected chi connectivity index (χ2v) is 7.10. The first-order valence-electron chi connectivity index (χ1n) is 9.65. The summed E-state index contributed by atoms with van der Waals surface area (Å²) in [6, 6.07) is 13.6. The first-order chi connectivity index (χ1) is 14.3. The maximum absolute atomic E-state index is 12.8. The highest BCUT2D eigenvalue weighted by Gasteiger charge is 2.33. The number of rotatable bonds is 5. The zero-order chi connectivity index (χ0) is 19.6. The monoisotopic (exact) mass is 388 g/mol. The fraction of sp³-hybridized carbons (Fsp3) is 0.227. The van der Waals surface area contributed by atoms with E-state index in [1.165, 1.54) is 0 Å². The fourth-order valence-electron chi connectivity index (χ4n) is 3.67. The number of hydrogen-bond donors (Lipinski definition) is 1. The molecule has 0 saturated carbocycles. The Hall–Kier alpha value is -3.61. The predicted molar refractivity (Wildman–Crippen MR) is 108 cm³/mol. The molecule has 29 heavy (non-hydrogen) atoms. The Labute approximate surface area is 167 Å². The van der Waals surface area contributed by atoms with Crippen molar-refractivity contribution in [3.8, 4) is 11.3 Å². The number of benzene rings is 1. The van der Waals surface area contributed by atoms with Crippen molar-refractivity contribution in [3.05, 3.63) is 66.8 Å². The van der Waals surface area contributed by atoms with Crippen molar-refractivity contribution in [1.82, 2.24) is 15.3 Å². The molecule has 1 aliphatic rings. The molecule has 4 aromatic rings. The number of carbonyl (C=O) groups is 1. The fourth-order valence-corrected chi connectivity index (χ4v) is 3.67. The molecule has 1 amide bonds. The standard InChI is InChI=1S/C22H20N4O3/c27-21(24-13-15-7-8-17(23-12-15)16-9-11-28-14-16)19-5-3-10-26(19)22-25-18-4-1-2-6-20(18)29-22/h1-2,4,6-9,11-12,14,19H,3,5,10,13H2,(H,24,27). The van der Waals surface area contributed by atoms with Crippen molar-refractivity contribution < 1.29 is 13.6 Å². The number of aromatic nitrogens is 2. The third-order valence-electron chi connectivity index (χ3n) is 5.19. The number of fused-ring (bicyclic) bond motifs is 1. The Morgan fingerprint density at radius 3 is 2.93 bits per heavy atom. The van der Waals surface area contributed by atoms with E-state index in [9.17, 15) is 4.79 Å². The van der Waals surface area contributed by atoms with E-state index in [0.29, 0.717) is 12.6 Å². The van der Waals surface area contributed by atoms with Crippen LogP contribution >= 0.6 is 0 Å². The summed E-state index contributed by atoms with van der Waals surface area (Å²) < 4.78 is 10.9. The van der Waals surface area contributed by atoms with Crippen LogP contribution in [0.2, 0.25) is 0 Å². The summed E-state index contributed by atoms with van der Waals surface area (Å²) in [5.74, 6) is -0.0244. The van der Waals surface area contributed by atoms with Gasteiger partial charge in [0.1, 0.15) is 11.6 Å². The predicted octanol–water partition coefficient (Wildman–Crippen LogP) is 3.77. The lowest BCUT2D eigenvalue weighted by molar-refractivity contribution is -0.122. The average molecular weight is 388 g/mol. The summed E-state index contributed by atoms with van der Waals surface area (Å²) in [6.07, 6.45) is 6.76. The lowest BCUT2D eigenvalue weighted by Crippen LogP contribution is -2.43. The Kier molecular flexibility index (Phi) is 4.48. The van der Waals surface area contributed by atoms with Gasteiger partial charge in [0, 0.05) is 24.8 Å². The summed E-state index contributed by atoms with van der Waals surface area (Å²) in [5, 5.41) is 3.02. The van der Waals surface area contributed by atoms with Crippen LogP contribution in [0, 0.1) is 0 Å². The minimum absolute atomic E-state index is 0.0244. The largest absolute Gasteiger partial charge is 0.472 e. The van der Waals surface area contributed by atoms with Gasteiger partial charge in [-0.3, -0.25) is 9.78 Å². The van der Waals surface area contributed by atoms with Gasteiger partial charge in [-0.1, -0.05) is 18.2 Å². The molecule has 1 aromatic carbocycles. The maximum Gasteiger partial charge on any atom is 0.299 e. The highest BCUT2D eigenvalue weighted by Crippen LogP contribution is 2.28. The van der Waals surface area contributed by atoms with E-state index in [1.54, 1.807) is 18.7 Å². The van der Waals surface area contributed by atoms with E-state index >= 15 is 0 Å². The van der Waals surface area contributed by atoms with Crippen molar-refractivity contribution in [1.29, 1.82) is 0 Å². The van der Waals surface area contributed by atoms with Crippen molar-refractivity contribution in [2.24, 2.45) is 0 Å². The molecule has 0 bridgehead atoms. The molecule has 146 valence electrons. The number of anilines is 1. The lowest BCUT2D eigenvalue weighted by atomic mass is 10.1. The molecule has 1 aliphatic heterocycles. The number of carbonyl (C=O) groups excluding carboxylic acids is 1. The van der Waals surface area contributed by atoms with Gasteiger partial charge in [0.15, 0.2) is 5.58 Å². The molecule has 1 N–H and O–H groups in total. The van der Waals surface area contributed by atoms with Gasteiger partial charge in [-0.25, -0.2) is 0 Å². The summed E-state index contributed by atoms with van der Waals surface area (Å²) in [4.78, 5) is 23.7. The van der Waals surface area contributed by atoms with Crippen LogP contribution in [0.25, 0.3) is 22.4 Å². The van der Waals surface area contributed by atoms with Gasteiger partial charge in [-0.15, -0.1) is 0 Å². The van der Waals surface area contributed by atoms with Crippen molar-refractivity contribution >= 4 is 23.0 Å². The molecule has 0 aliphatic carbocycles. The molecule has 4 heterocycles. The molecule has 7 nitrogen and oxygen atoms in total.